The van der Waals surface area contributed by atoms with E-state index >= 15 is 0 Å². The van der Waals surface area contributed by atoms with Gasteiger partial charge in [0.25, 0.3) is 5.91 Å². The fourth-order valence-electron chi connectivity index (χ4n) is 2.83. The number of nitrogens with one attached hydrogen (secondary N) is 1. The molecular formula is C16H20N4O4. The lowest BCUT2D eigenvalue weighted by Crippen LogP contribution is -2.45. The molecule has 3 heterocycles. The molecule has 0 aromatic carbocycles. The van der Waals surface area contributed by atoms with Crippen LogP contribution in [0.15, 0.2) is 24.4 Å². The predicted molar refractivity (Wildman–Crippen MR) is 83.7 cm³/mol. The van der Waals surface area contributed by atoms with Gasteiger partial charge in [-0.15, -0.1) is 0 Å². The number of carbonyl (C=O) groups is 3. The lowest BCUT2D eigenvalue weighted by Gasteiger charge is -2.26. The van der Waals surface area contributed by atoms with Gasteiger partial charge in [0.15, 0.2) is 0 Å². The van der Waals surface area contributed by atoms with E-state index < -0.39 is 6.03 Å². The van der Waals surface area contributed by atoms with E-state index in [-0.39, 0.29) is 31.0 Å². The van der Waals surface area contributed by atoms with Gasteiger partial charge in [-0.3, -0.25) is 19.5 Å². The first kappa shape index (κ1) is 16.4. The van der Waals surface area contributed by atoms with E-state index in [4.69, 9.17) is 4.74 Å². The number of amides is 4. The fourth-order valence-corrected chi connectivity index (χ4v) is 2.83. The van der Waals surface area contributed by atoms with Crippen LogP contribution in [-0.4, -0.2) is 65.0 Å². The highest BCUT2D eigenvalue weighted by molar-refractivity contribution is 6.04. The van der Waals surface area contributed by atoms with Crippen molar-refractivity contribution in [2.24, 2.45) is 0 Å². The Balaban J connectivity index is 1.68. The monoisotopic (exact) mass is 332 g/mol. The maximum absolute atomic E-state index is 12.7. The van der Waals surface area contributed by atoms with E-state index in [0.717, 1.165) is 23.4 Å². The molecule has 2 aliphatic rings. The zero-order valence-corrected chi connectivity index (χ0v) is 13.3. The average molecular weight is 332 g/mol. The summed E-state index contributed by atoms with van der Waals surface area (Å²) in [7, 11) is 0. The molecule has 2 fully saturated rings. The van der Waals surface area contributed by atoms with E-state index in [2.05, 4.69) is 10.3 Å². The maximum Gasteiger partial charge on any atom is 0.325 e. The summed E-state index contributed by atoms with van der Waals surface area (Å²) in [5, 5.41) is 2.42. The number of urea groups is 1. The molecule has 4 amide bonds. The largest absolute Gasteiger partial charge is 0.376 e. The molecule has 8 heteroatoms. The fraction of sp³-hybridized carbons (Fsp3) is 0.500. The number of pyridine rings is 1. The lowest BCUT2D eigenvalue weighted by atomic mass is 10.2. The summed E-state index contributed by atoms with van der Waals surface area (Å²) >= 11 is 0. The van der Waals surface area contributed by atoms with E-state index in [0.29, 0.717) is 19.7 Å². The van der Waals surface area contributed by atoms with Crippen molar-refractivity contribution in [2.75, 3.05) is 26.2 Å². The number of nitrogens with zero attached hydrogens (tertiary/aromatic N) is 3. The Morgan fingerprint density at radius 1 is 1.42 bits per heavy atom. The third-order valence-corrected chi connectivity index (χ3v) is 4.11. The number of hydrogen-bond donors (Lipinski definition) is 1. The Morgan fingerprint density at radius 3 is 2.92 bits per heavy atom. The van der Waals surface area contributed by atoms with Crippen molar-refractivity contribution in [3.05, 3.63) is 30.1 Å². The highest BCUT2D eigenvalue weighted by atomic mass is 16.5. The van der Waals surface area contributed by atoms with Gasteiger partial charge >= 0.3 is 6.03 Å². The maximum atomic E-state index is 12.7. The Kier molecular flexibility index (Phi) is 5.05. The van der Waals surface area contributed by atoms with Gasteiger partial charge in [-0.25, -0.2) is 4.79 Å². The molecule has 0 unspecified atom stereocenters. The van der Waals surface area contributed by atoms with Gasteiger partial charge in [-0.05, 0) is 25.0 Å². The van der Waals surface area contributed by atoms with Gasteiger partial charge in [0, 0.05) is 19.3 Å². The molecule has 0 radical (unpaired) electrons. The molecule has 1 aromatic heterocycles. The normalized spacial score (nSPS) is 20.3. The van der Waals surface area contributed by atoms with Gasteiger partial charge in [0.2, 0.25) is 5.91 Å². The Labute approximate surface area is 139 Å². The van der Waals surface area contributed by atoms with Gasteiger partial charge < -0.3 is 15.0 Å². The second-order valence-electron chi connectivity index (χ2n) is 5.87. The van der Waals surface area contributed by atoms with Crippen molar-refractivity contribution >= 4 is 17.8 Å². The Bertz CT molecular complexity index is 600. The number of hydrogen-bond acceptors (Lipinski definition) is 5. The molecule has 3 rings (SSSR count). The van der Waals surface area contributed by atoms with Crippen molar-refractivity contribution < 1.29 is 19.1 Å². The van der Waals surface area contributed by atoms with Gasteiger partial charge in [0.05, 0.1) is 24.9 Å². The van der Waals surface area contributed by atoms with Gasteiger partial charge in [-0.2, -0.15) is 0 Å². The summed E-state index contributed by atoms with van der Waals surface area (Å²) in [6.07, 6.45) is 3.53. The van der Waals surface area contributed by atoms with Crippen molar-refractivity contribution in [1.82, 2.24) is 20.1 Å². The molecule has 1 aromatic rings. The minimum atomic E-state index is -0.525. The average Bonchev–Trinajstić information content (AvgIpc) is 3.20. The first-order valence-corrected chi connectivity index (χ1v) is 8.01. The lowest BCUT2D eigenvalue weighted by molar-refractivity contribution is -0.138. The second-order valence-corrected chi connectivity index (χ2v) is 5.87. The summed E-state index contributed by atoms with van der Waals surface area (Å²) in [4.78, 5) is 42.8. The van der Waals surface area contributed by atoms with Crippen molar-refractivity contribution in [3.63, 3.8) is 0 Å². The quantitative estimate of drug-likeness (QED) is 0.748. The molecule has 128 valence electrons. The van der Waals surface area contributed by atoms with E-state index in [1.165, 1.54) is 0 Å². The Hall–Kier alpha value is -2.48. The molecule has 0 aliphatic carbocycles. The zero-order chi connectivity index (χ0) is 16.9. The van der Waals surface area contributed by atoms with E-state index in [1.807, 2.05) is 18.2 Å². The molecule has 2 saturated heterocycles. The van der Waals surface area contributed by atoms with Crippen LogP contribution in [-0.2, 0) is 20.9 Å². The first-order valence-electron chi connectivity index (χ1n) is 8.01. The second kappa shape index (κ2) is 7.39. The highest BCUT2D eigenvalue weighted by Gasteiger charge is 2.32. The SMILES string of the molecule is O=C(CN1C(=O)CNC1=O)N(Cc1ccccn1)C[C@H]1CCCO1. The molecule has 0 bridgehead atoms. The minimum absolute atomic E-state index is 0.0132. The standard InChI is InChI=1S/C16H20N4O4/c21-14-8-18-16(23)20(14)11-15(22)19(10-13-5-3-7-24-13)9-12-4-1-2-6-17-12/h1-2,4,6,13H,3,5,7-11H2,(H,18,23)/t13-/m1/s1. The van der Waals surface area contributed by atoms with Crippen LogP contribution in [0.25, 0.3) is 0 Å². The molecule has 2 aliphatic heterocycles. The summed E-state index contributed by atoms with van der Waals surface area (Å²) in [5.41, 5.74) is 0.751. The van der Waals surface area contributed by atoms with Crippen LogP contribution in [0.3, 0.4) is 0 Å². The third kappa shape index (κ3) is 3.88. The van der Waals surface area contributed by atoms with Crippen LogP contribution in [0.2, 0.25) is 0 Å². The van der Waals surface area contributed by atoms with Crippen molar-refractivity contribution in [2.45, 2.75) is 25.5 Å². The summed E-state index contributed by atoms with van der Waals surface area (Å²) in [6.45, 7) is 1.13. The first-order chi connectivity index (χ1) is 11.6. The number of rotatable bonds is 6. The van der Waals surface area contributed by atoms with Crippen molar-refractivity contribution in [1.29, 1.82) is 0 Å². The topological polar surface area (TPSA) is 91.8 Å². The van der Waals surface area contributed by atoms with Crippen LogP contribution < -0.4 is 5.32 Å². The molecule has 0 spiro atoms. The molecule has 1 N–H and O–H groups in total. The molecule has 24 heavy (non-hydrogen) atoms. The number of aromatic nitrogens is 1. The molecule has 0 saturated carbocycles. The highest BCUT2D eigenvalue weighted by Crippen LogP contribution is 2.15. The molecule has 1 atom stereocenters. The van der Waals surface area contributed by atoms with E-state index in [1.54, 1.807) is 11.1 Å². The third-order valence-electron chi connectivity index (χ3n) is 4.11. The van der Waals surface area contributed by atoms with E-state index in [9.17, 15) is 14.4 Å². The van der Waals surface area contributed by atoms with Gasteiger partial charge in [-0.1, -0.05) is 6.07 Å². The summed E-state index contributed by atoms with van der Waals surface area (Å²) in [5.74, 6) is -0.676. The number of ether oxygens (including phenoxy) is 1. The molecule has 8 nitrogen and oxygen atoms in total. The summed E-state index contributed by atoms with van der Waals surface area (Å²) in [6, 6.07) is 4.98. The van der Waals surface area contributed by atoms with Crippen LogP contribution in [0.4, 0.5) is 4.79 Å². The van der Waals surface area contributed by atoms with Crippen molar-refractivity contribution in [3.8, 4) is 0 Å². The van der Waals surface area contributed by atoms with Crippen LogP contribution in [0.1, 0.15) is 18.5 Å². The number of imide groups is 1. The van der Waals surface area contributed by atoms with Crippen LogP contribution in [0, 0.1) is 0 Å². The number of carbonyl (C=O) groups excluding carboxylic acids is 3. The zero-order valence-electron chi connectivity index (χ0n) is 13.3. The smallest absolute Gasteiger partial charge is 0.325 e. The summed E-state index contributed by atoms with van der Waals surface area (Å²) < 4.78 is 5.61. The van der Waals surface area contributed by atoms with Gasteiger partial charge in [0.1, 0.15) is 6.54 Å². The van der Waals surface area contributed by atoms with Crippen LogP contribution in [0.5, 0.6) is 0 Å². The predicted octanol–water partition coefficient (Wildman–Crippen LogP) is 0.141. The Morgan fingerprint density at radius 2 is 2.29 bits per heavy atom. The van der Waals surface area contributed by atoms with Crippen LogP contribution >= 0.6 is 0 Å². The molecular weight excluding hydrogens is 312 g/mol. The minimum Gasteiger partial charge on any atom is -0.376 e.